The second kappa shape index (κ2) is 10.2. The Kier molecular flexibility index (Phi) is 9.32. The first-order valence-electron chi connectivity index (χ1n) is 6.47. The third-order valence-electron chi connectivity index (χ3n) is 2.46. The molecule has 0 rings (SSSR count). The van der Waals surface area contributed by atoms with Crippen molar-refractivity contribution in [2.24, 2.45) is 0 Å². The minimum absolute atomic E-state index is 0.0281. The fourth-order valence-corrected chi connectivity index (χ4v) is 1.29. The summed E-state index contributed by atoms with van der Waals surface area (Å²) < 4.78 is 5.29. The van der Waals surface area contributed by atoms with E-state index in [1.807, 2.05) is 0 Å². The Bertz CT molecular complexity index is 366. The summed E-state index contributed by atoms with van der Waals surface area (Å²) in [6, 6.07) is 0. The third-order valence-corrected chi connectivity index (χ3v) is 2.46. The summed E-state index contributed by atoms with van der Waals surface area (Å²) in [5.41, 5.74) is 0.836. The maximum atomic E-state index is 11.5. The zero-order valence-electron chi connectivity index (χ0n) is 12.3. The van der Waals surface area contributed by atoms with Crippen LogP contribution in [0.4, 0.5) is 0 Å². The largest absolute Gasteiger partial charge is 0.376 e. The van der Waals surface area contributed by atoms with Crippen LogP contribution in [0, 0.1) is 0 Å². The van der Waals surface area contributed by atoms with Crippen LogP contribution in [0.1, 0.15) is 26.7 Å². The molecule has 0 saturated heterocycles. The van der Waals surface area contributed by atoms with E-state index in [9.17, 15) is 9.59 Å². The van der Waals surface area contributed by atoms with Crippen LogP contribution >= 0.6 is 0 Å². The van der Waals surface area contributed by atoms with Crippen LogP contribution in [0.15, 0.2) is 24.3 Å². The van der Waals surface area contributed by atoms with Gasteiger partial charge in [0.1, 0.15) is 13.5 Å². The first-order chi connectivity index (χ1) is 9.40. The number of aliphatic hydroxyl groups excluding tert-OH is 1. The molecule has 0 aliphatic heterocycles. The highest BCUT2D eigenvalue weighted by Gasteiger charge is 2.12. The van der Waals surface area contributed by atoms with E-state index in [1.54, 1.807) is 13.8 Å². The van der Waals surface area contributed by atoms with Crippen LogP contribution < -0.4 is 5.32 Å². The van der Waals surface area contributed by atoms with Crippen LogP contribution in [0.3, 0.4) is 0 Å². The number of hydrogen-bond donors (Lipinski definition) is 2. The van der Waals surface area contributed by atoms with E-state index in [-0.39, 0.29) is 18.5 Å². The molecule has 0 saturated carbocycles. The van der Waals surface area contributed by atoms with E-state index >= 15 is 0 Å². The summed E-state index contributed by atoms with van der Waals surface area (Å²) in [5, 5.41) is 11.7. The summed E-state index contributed by atoms with van der Waals surface area (Å²) in [7, 11) is 0. The molecular weight excluding hydrogens is 260 g/mol. The number of rotatable bonds is 10. The quantitative estimate of drug-likeness (QED) is 0.353. The predicted molar refractivity (Wildman–Crippen MR) is 76.6 cm³/mol. The molecular formula is C14H24N2O4. The maximum absolute atomic E-state index is 11.5. The Morgan fingerprint density at radius 1 is 1.20 bits per heavy atom. The van der Waals surface area contributed by atoms with Gasteiger partial charge in [0.2, 0.25) is 5.91 Å². The van der Waals surface area contributed by atoms with Gasteiger partial charge in [0.25, 0.3) is 5.91 Å². The fourth-order valence-electron chi connectivity index (χ4n) is 1.29. The highest BCUT2D eigenvalue weighted by molar-refractivity contribution is 5.92. The molecule has 114 valence electrons. The lowest BCUT2D eigenvalue weighted by atomic mass is 10.3. The average Bonchev–Trinajstić information content (AvgIpc) is 2.40. The van der Waals surface area contributed by atoms with E-state index in [0.717, 1.165) is 17.7 Å². The molecule has 0 bridgehead atoms. The van der Waals surface area contributed by atoms with Gasteiger partial charge >= 0.3 is 0 Å². The Hall–Kier alpha value is -1.66. The van der Waals surface area contributed by atoms with Crippen molar-refractivity contribution < 1.29 is 19.4 Å². The van der Waals surface area contributed by atoms with Crippen molar-refractivity contribution in [3.8, 4) is 0 Å². The molecule has 0 atom stereocenters. The number of nitrogens with zero attached hydrogens (tertiary/aromatic N) is 1. The number of unbranched alkanes of at least 4 members (excludes halogenated alkanes) is 1. The molecule has 0 radical (unpaired) electrons. The van der Waals surface area contributed by atoms with E-state index in [0.29, 0.717) is 24.3 Å². The van der Waals surface area contributed by atoms with Gasteiger partial charge in [-0.1, -0.05) is 13.2 Å². The van der Waals surface area contributed by atoms with Crippen LogP contribution in [0.5, 0.6) is 0 Å². The molecule has 2 amide bonds. The average molecular weight is 284 g/mol. The second-order valence-electron chi connectivity index (χ2n) is 4.55. The molecule has 0 heterocycles. The number of ether oxygens (including phenoxy) is 1. The van der Waals surface area contributed by atoms with Crippen LogP contribution in [-0.2, 0) is 14.3 Å². The molecule has 0 unspecified atom stereocenters. The Labute approximate surface area is 120 Å². The van der Waals surface area contributed by atoms with Gasteiger partial charge in [-0.2, -0.15) is 0 Å². The van der Waals surface area contributed by atoms with Crippen molar-refractivity contribution >= 4 is 11.8 Å². The van der Waals surface area contributed by atoms with Crippen molar-refractivity contribution in [2.75, 3.05) is 26.6 Å². The highest BCUT2D eigenvalue weighted by Crippen LogP contribution is 1.99. The summed E-state index contributed by atoms with van der Waals surface area (Å²) >= 11 is 0. The molecule has 0 spiro atoms. The number of carbonyl (C=O) groups is 2. The lowest BCUT2D eigenvalue weighted by molar-refractivity contribution is -0.137. The molecule has 0 aliphatic rings. The van der Waals surface area contributed by atoms with Gasteiger partial charge in [0.05, 0.1) is 0 Å². The molecule has 20 heavy (non-hydrogen) atoms. The van der Waals surface area contributed by atoms with Gasteiger partial charge in [-0.25, -0.2) is 0 Å². The maximum Gasteiger partial charge on any atom is 0.252 e. The monoisotopic (exact) mass is 284 g/mol. The lowest BCUT2D eigenvalue weighted by Gasteiger charge is -2.19. The summed E-state index contributed by atoms with van der Waals surface area (Å²) in [6.45, 7) is 10.9. The van der Waals surface area contributed by atoms with Crippen LogP contribution in [0.25, 0.3) is 0 Å². The number of hydrogen-bond acceptors (Lipinski definition) is 4. The molecule has 6 heteroatoms. The van der Waals surface area contributed by atoms with Gasteiger partial charge in [0, 0.05) is 24.3 Å². The Morgan fingerprint density at radius 3 is 2.35 bits per heavy atom. The van der Waals surface area contributed by atoms with Crippen molar-refractivity contribution in [3.63, 3.8) is 0 Å². The van der Waals surface area contributed by atoms with Crippen molar-refractivity contribution in [2.45, 2.75) is 26.7 Å². The van der Waals surface area contributed by atoms with E-state index in [1.165, 1.54) is 0 Å². The molecule has 6 nitrogen and oxygen atoms in total. The van der Waals surface area contributed by atoms with E-state index in [4.69, 9.17) is 9.84 Å². The Morgan fingerprint density at radius 2 is 1.85 bits per heavy atom. The lowest BCUT2D eigenvalue weighted by Crippen LogP contribution is -2.34. The molecule has 0 aromatic heterocycles. The van der Waals surface area contributed by atoms with E-state index < -0.39 is 6.73 Å². The summed E-state index contributed by atoms with van der Waals surface area (Å²) in [4.78, 5) is 23.8. The topological polar surface area (TPSA) is 78.9 Å². The zero-order chi connectivity index (χ0) is 15.5. The third kappa shape index (κ3) is 7.70. The number of nitrogens with one attached hydrogen (secondary N) is 1. The van der Waals surface area contributed by atoms with Gasteiger partial charge in [0.15, 0.2) is 0 Å². The standard InChI is InChI=1S/C14H24N2O4/c1-11(2)13(18)15-7-5-6-8-20-10-16(9-17)14(19)12(3)4/h17H,1,3,5-10H2,2,4H3,(H,15,18). The van der Waals surface area contributed by atoms with E-state index in [2.05, 4.69) is 18.5 Å². The normalized spacial score (nSPS) is 9.95. The summed E-state index contributed by atoms with van der Waals surface area (Å²) in [6.07, 6.45) is 1.52. The van der Waals surface area contributed by atoms with Gasteiger partial charge in [-0.05, 0) is 26.7 Å². The number of carbonyl (C=O) groups excluding carboxylic acids is 2. The van der Waals surface area contributed by atoms with Crippen molar-refractivity contribution in [3.05, 3.63) is 24.3 Å². The minimum atomic E-state index is -0.402. The van der Waals surface area contributed by atoms with Gasteiger partial charge < -0.3 is 15.2 Å². The first kappa shape index (κ1) is 18.3. The SMILES string of the molecule is C=C(C)C(=O)NCCCCOCN(CO)C(=O)C(=C)C. The molecule has 0 fully saturated rings. The Balaban J connectivity index is 3.66. The molecule has 0 aliphatic carbocycles. The molecule has 0 aromatic rings. The minimum Gasteiger partial charge on any atom is -0.376 e. The number of amides is 2. The molecule has 0 aromatic carbocycles. The first-order valence-corrected chi connectivity index (χ1v) is 6.47. The van der Waals surface area contributed by atoms with Crippen molar-refractivity contribution in [1.29, 1.82) is 0 Å². The zero-order valence-corrected chi connectivity index (χ0v) is 12.3. The highest BCUT2D eigenvalue weighted by atomic mass is 16.5. The number of aliphatic hydroxyl groups is 1. The van der Waals surface area contributed by atoms with Crippen LogP contribution in [0.2, 0.25) is 0 Å². The second-order valence-corrected chi connectivity index (χ2v) is 4.55. The smallest absolute Gasteiger partial charge is 0.252 e. The molecule has 2 N–H and O–H groups in total. The predicted octanol–water partition coefficient (Wildman–Crippen LogP) is 0.788. The van der Waals surface area contributed by atoms with Gasteiger partial charge in [-0.3, -0.25) is 14.5 Å². The summed E-state index contributed by atoms with van der Waals surface area (Å²) in [5.74, 6) is -0.481. The van der Waals surface area contributed by atoms with Gasteiger partial charge in [-0.15, -0.1) is 0 Å². The fraction of sp³-hybridized carbons (Fsp3) is 0.571. The van der Waals surface area contributed by atoms with Crippen LogP contribution in [-0.4, -0.2) is 48.4 Å². The van der Waals surface area contributed by atoms with Crippen molar-refractivity contribution in [1.82, 2.24) is 10.2 Å².